The number of carbonyl (C=O) groups is 3. The van der Waals surface area contributed by atoms with E-state index in [2.05, 4.69) is 5.10 Å². The number of ether oxygens (including phenoxy) is 2. The van der Waals surface area contributed by atoms with E-state index in [1.165, 1.54) is 21.8 Å². The van der Waals surface area contributed by atoms with E-state index >= 15 is 0 Å². The van der Waals surface area contributed by atoms with Gasteiger partial charge in [0.2, 0.25) is 0 Å². The number of esters is 2. The van der Waals surface area contributed by atoms with Crippen LogP contribution in [0.2, 0.25) is 0 Å². The molecule has 158 valence electrons. The van der Waals surface area contributed by atoms with Crippen molar-refractivity contribution < 1.29 is 28.7 Å². The van der Waals surface area contributed by atoms with E-state index in [1.807, 2.05) is 30.3 Å². The molecule has 0 spiro atoms. The maximum atomic E-state index is 13.0. The molecule has 2 aromatic rings. The molecule has 0 radical (unpaired) electrons. The van der Waals surface area contributed by atoms with Crippen LogP contribution in [-0.2, 0) is 37.1 Å². The van der Waals surface area contributed by atoms with Crippen molar-refractivity contribution in [2.24, 2.45) is 0 Å². The monoisotopic (exact) mass is 414 g/mol. The van der Waals surface area contributed by atoms with Crippen LogP contribution >= 0.6 is 0 Å². The Hall–Kier alpha value is -3.40. The van der Waals surface area contributed by atoms with Gasteiger partial charge in [0, 0.05) is 5.56 Å². The molecule has 1 saturated heterocycles. The largest absolute Gasteiger partial charge is 0.467 e. The highest BCUT2D eigenvalue weighted by Gasteiger charge is 2.53. The maximum Gasteiger partial charge on any atom is 0.345 e. The number of carbonyl (C=O) groups excluding carboxylic acids is 3. The van der Waals surface area contributed by atoms with Crippen molar-refractivity contribution >= 4 is 18.0 Å². The van der Waals surface area contributed by atoms with Gasteiger partial charge in [-0.2, -0.15) is 10.2 Å². The summed E-state index contributed by atoms with van der Waals surface area (Å²) >= 11 is 0. The van der Waals surface area contributed by atoms with Crippen molar-refractivity contribution in [1.29, 1.82) is 0 Å². The summed E-state index contributed by atoms with van der Waals surface area (Å²) in [5.74, 6) is -1.10. The smallest absolute Gasteiger partial charge is 0.345 e. The average Bonchev–Trinajstić information content (AvgIpc) is 3.28. The SMILES string of the molecule is CCOC(=O)Cn1ncc2c1C(C(=O)OC)N1C[C@H]2N(OCc2ccccc2)C1=O. The van der Waals surface area contributed by atoms with Crippen LogP contribution in [0.5, 0.6) is 0 Å². The molecule has 2 bridgehead atoms. The molecule has 1 fully saturated rings. The molecule has 10 heteroatoms. The Kier molecular flexibility index (Phi) is 5.40. The lowest BCUT2D eigenvalue weighted by Gasteiger charge is -2.29. The summed E-state index contributed by atoms with van der Waals surface area (Å²) in [4.78, 5) is 44.8. The van der Waals surface area contributed by atoms with E-state index in [0.29, 0.717) is 11.3 Å². The summed E-state index contributed by atoms with van der Waals surface area (Å²) in [5, 5.41) is 5.54. The molecule has 2 aliphatic rings. The summed E-state index contributed by atoms with van der Waals surface area (Å²) in [6, 6.07) is 7.55. The van der Waals surface area contributed by atoms with E-state index in [1.54, 1.807) is 13.1 Å². The summed E-state index contributed by atoms with van der Waals surface area (Å²) in [5.41, 5.74) is 1.99. The lowest BCUT2D eigenvalue weighted by Crippen LogP contribution is -2.40. The second-order valence-corrected chi connectivity index (χ2v) is 6.91. The van der Waals surface area contributed by atoms with E-state index in [-0.39, 0.29) is 26.3 Å². The third-order valence-electron chi connectivity index (χ3n) is 5.15. The highest BCUT2D eigenvalue weighted by atomic mass is 16.7. The predicted molar refractivity (Wildman–Crippen MR) is 102 cm³/mol. The summed E-state index contributed by atoms with van der Waals surface area (Å²) in [7, 11) is 1.25. The summed E-state index contributed by atoms with van der Waals surface area (Å²) in [6.07, 6.45) is 1.56. The number of aromatic nitrogens is 2. The number of rotatable bonds is 7. The molecule has 3 heterocycles. The Balaban J connectivity index is 1.65. The van der Waals surface area contributed by atoms with Gasteiger partial charge in [-0.3, -0.25) is 14.3 Å². The molecule has 2 aliphatic heterocycles. The van der Waals surface area contributed by atoms with Crippen LogP contribution in [0.4, 0.5) is 4.79 Å². The highest BCUT2D eigenvalue weighted by molar-refractivity contribution is 5.87. The molecule has 0 N–H and O–H groups in total. The second-order valence-electron chi connectivity index (χ2n) is 6.91. The van der Waals surface area contributed by atoms with Gasteiger partial charge < -0.3 is 14.4 Å². The molecule has 0 saturated carbocycles. The van der Waals surface area contributed by atoms with Crippen LogP contribution in [0.15, 0.2) is 36.5 Å². The van der Waals surface area contributed by atoms with Crippen LogP contribution in [0.3, 0.4) is 0 Å². The summed E-state index contributed by atoms with van der Waals surface area (Å²) in [6.45, 7) is 2.23. The fourth-order valence-electron chi connectivity index (χ4n) is 3.82. The number of benzene rings is 1. The maximum absolute atomic E-state index is 13.0. The first-order valence-electron chi connectivity index (χ1n) is 9.60. The Morgan fingerprint density at radius 2 is 2.00 bits per heavy atom. The van der Waals surface area contributed by atoms with Gasteiger partial charge in [0.15, 0.2) is 6.04 Å². The number of amides is 2. The Morgan fingerprint density at radius 3 is 2.70 bits per heavy atom. The first-order chi connectivity index (χ1) is 14.5. The standard InChI is InChI=1S/C20H22N4O6/c1-3-29-16(25)11-23-17-14(9-21-23)15-10-22(18(17)19(26)28-2)20(27)24(15)30-12-13-7-5-4-6-8-13/h4-9,15,18H,3,10-12H2,1-2H3/t15-,18?/m1/s1. The topological polar surface area (TPSA) is 103 Å². The van der Waals surface area contributed by atoms with Crippen molar-refractivity contribution in [2.75, 3.05) is 20.3 Å². The molecule has 1 aromatic carbocycles. The molecule has 1 aromatic heterocycles. The molecule has 30 heavy (non-hydrogen) atoms. The average molecular weight is 414 g/mol. The van der Waals surface area contributed by atoms with Gasteiger partial charge in [-0.15, -0.1) is 0 Å². The fraction of sp³-hybridized carbons (Fsp3) is 0.400. The normalized spacial score (nSPS) is 19.6. The zero-order valence-corrected chi connectivity index (χ0v) is 16.7. The van der Waals surface area contributed by atoms with Gasteiger partial charge >= 0.3 is 18.0 Å². The molecule has 0 aliphatic carbocycles. The Morgan fingerprint density at radius 1 is 1.23 bits per heavy atom. The minimum absolute atomic E-state index is 0.170. The number of fused-ring (bicyclic) bond motifs is 4. The van der Waals surface area contributed by atoms with Gasteiger partial charge in [0.05, 0.1) is 32.2 Å². The molecular weight excluding hydrogens is 392 g/mol. The van der Waals surface area contributed by atoms with Gasteiger partial charge in [-0.1, -0.05) is 30.3 Å². The number of methoxy groups -OCH3 is 1. The number of urea groups is 1. The van der Waals surface area contributed by atoms with Crippen LogP contribution in [0.25, 0.3) is 0 Å². The quantitative estimate of drug-likeness (QED) is 0.634. The zero-order valence-electron chi connectivity index (χ0n) is 16.7. The molecule has 10 nitrogen and oxygen atoms in total. The minimum atomic E-state index is -1.02. The van der Waals surface area contributed by atoms with Crippen molar-refractivity contribution in [3.05, 3.63) is 53.3 Å². The van der Waals surface area contributed by atoms with Gasteiger partial charge in [0.1, 0.15) is 19.2 Å². The number of hydrogen-bond donors (Lipinski definition) is 0. The number of hydrogen-bond acceptors (Lipinski definition) is 7. The number of hydroxylamine groups is 2. The predicted octanol–water partition coefficient (Wildman–Crippen LogP) is 1.58. The second kappa shape index (κ2) is 8.15. The Labute approximate surface area is 172 Å². The lowest BCUT2D eigenvalue weighted by molar-refractivity contribution is -0.147. The van der Waals surface area contributed by atoms with Crippen LogP contribution in [0.1, 0.15) is 35.8 Å². The van der Waals surface area contributed by atoms with Crippen molar-refractivity contribution in [3.8, 4) is 0 Å². The van der Waals surface area contributed by atoms with Crippen molar-refractivity contribution in [1.82, 2.24) is 19.7 Å². The third-order valence-corrected chi connectivity index (χ3v) is 5.15. The molecule has 2 amide bonds. The van der Waals surface area contributed by atoms with E-state index < -0.39 is 30.1 Å². The van der Waals surface area contributed by atoms with Crippen molar-refractivity contribution in [3.63, 3.8) is 0 Å². The third kappa shape index (κ3) is 3.39. The number of nitrogens with zero attached hydrogens (tertiary/aromatic N) is 4. The van der Waals surface area contributed by atoms with E-state index in [0.717, 1.165) is 5.56 Å². The molecule has 2 atom stereocenters. The first kappa shape index (κ1) is 19.9. The van der Waals surface area contributed by atoms with Crippen molar-refractivity contribution in [2.45, 2.75) is 32.2 Å². The van der Waals surface area contributed by atoms with Crippen LogP contribution in [0, 0.1) is 0 Å². The molecule has 4 rings (SSSR count). The Bertz CT molecular complexity index is 959. The van der Waals surface area contributed by atoms with Gasteiger partial charge in [-0.25, -0.2) is 9.59 Å². The van der Waals surface area contributed by atoms with E-state index in [9.17, 15) is 14.4 Å². The molecular formula is C20H22N4O6. The minimum Gasteiger partial charge on any atom is -0.467 e. The first-order valence-corrected chi connectivity index (χ1v) is 9.60. The van der Waals surface area contributed by atoms with Crippen LogP contribution < -0.4 is 0 Å². The van der Waals surface area contributed by atoms with Crippen LogP contribution in [-0.4, -0.2) is 58.0 Å². The summed E-state index contributed by atoms with van der Waals surface area (Å²) < 4.78 is 11.3. The van der Waals surface area contributed by atoms with Gasteiger partial charge in [0.25, 0.3) is 0 Å². The van der Waals surface area contributed by atoms with E-state index in [4.69, 9.17) is 14.3 Å². The zero-order chi connectivity index (χ0) is 21.3. The molecule has 1 unspecified atom stereocenters. The lowest BCUT2D eigenvalue weighted by atomic mass is 9.98. The van der Waals surface area contributed by atoms with Gasteiger partial charge in [-0.05, 0) is 12.5 Å². The fourth-order valence-corrected chi connectivity index (χ4v) is 3.82. The highest BCUT2D eigenvalue weighted by Crippen LogP contribution is 2.44.